The van der Waals surface area contributed by atoms with Crippen molar-refractivity contribution in [3.8, 4) is 5.75 Å². The number of ether oxygens (including phenoxy) is 1. The molecule has 0 radical (unpaired) electrons. The Morgan fingerprint density at radius 3 is 2.71 bits per heavy atom. The molecule has 1 N–H and O–H groups in total. The molecule has 1 aromatic rings. The molecule has 0 aliphatic rings. The number of hydrogen-bond acceptors (Lipinski definition) is 2. The van der Waals surface area contributed by atoms with Crippen LogP contribution in [0.1, 0.15) is 13.8 Å². The minimum absolute atomic E-state index is 0.424. The first-order chi connectivity index (χ1) is 8.04. The fourth-order valence-electron chi connectivity index (χ4n) is 1.30. The smallest absolute Gasteiger partial charge is 0.139 e. The lowest BCUT2D eigenvalue weighted by Crippen LogP contribution is -2.24. The van der Waals surface area contributed by atoms with Gasteiger partial charge in [0, 0.05) is 23.0 Å². The number of benzene rings is 1. The molecule has 1 rings (SSSR count). The van der Waals surface area contributed by atoms with Gasteiger partial charge in [0.15, 0.2) is 0 Å². The van der Waals surface area contributed by atoms with Crippen LogP contribution in [-0.2, 0) is 0 Å². The zero-order valence-electron chi connectivity index (χ0n) is 9.90. The summed E-state index contributed by atoms with van der Waals surface area (Å²) in [6.07, 6.45) is 0. The zero-order chi connectivity index (χ0) is 12.8. The highest BCUT2D eigenvalue weighted by Gasteiger charge is 2.08. The van der Waals surface area contributed by atoms with Crippen molar-refractivity contribution in [2.24, 2.45) is 5.92 Å². The molecule has 1 aromatic carbocycles. The molecule has 0 aliphatic heterocycles. The van der Waals surface area contributed by atoms with Crippen LogP contribution in [0, 0.1) is 5.92 Å². The van der Waals surface area contributed by atoms with Gasteiger partial charge in [-0.05, 0) is 28.5 Å². The number of halogens is 3. The zero-order valence-corrected chi connectivity index (χ0v) is 13.0. The predicted molar refractivity (Wildman–Crippen MR) is 77.4 cm³/mol. The van der Waals surface area contributed by atoms with Crippen LogP contribution in [0.25, 0.3) is 0 Å². The van der Waals surface area contributed by atoms with Gasteiger partial charge in [-0.15, -0.1) is 0 Å². The van der Waals surface area contributed by atoms with Gasteiger partial charge < -0.3 is 10.1 Å². The van der Waals surface area contributed by atoms with Crippen molar-refractivity contribution in [1.82, 2.24) is 5.32 Å². The van der Waals surface area contributed by atoms with Gasteiger partial charge in [-0.2, -0.15) is 0 Å². The topological polar surface area (TPSA) is 21.3 Å². The largest absolute Gasteiger partial charge is 0.492 e. The molecule has 17 heavy (non-hydrogen) atoms. The monoisotopic (exact) mass is 339 g/mol. The van der Waals surface area contributed by atoms with Gasteiger partial charge in [-0.25, -0.2) is 0 Å². The quantitative estimate of drug-likeness (QED) is 0.776. The molecule has 0 fully saturated rings. The van der Waals surface area contributed by atoms with Gasteiger partial charge in [-0.3, -0.25) is 0 Å². The summed E-state index contributed by atoms with van der Waals surface area (Å²) in [6.45, 7) is 6.72. The van der Waals surface area contributed by atoms with Gasteiger partial charge >= 0.3 is 0 Å². The van der Waals surface area contributed by atoms with Gasteiger partial charge in [-0.1, -0.05) is 37.0 Å². The Morgan fingerprint density at radius 1 is 1.35 bits per heavy atom. The Kier molecular flexibility index (Phi) is 6.63. The third kappa shape index (κ3) is 5.04. The number of hydrogen-bond donors (Lipinski definition) is 1. The van der Waals surface area contributed by atoms with Crippen LogP contribution in [0.15, 0.2) is 16.6 Å². The molecule has 5 heteroatoms. The van der Waals surface area contributed by atoms with Crippen molar-refractivity contribution >= 4 is 39.1 Å². The van der Waals surface area contributed by atoms with Gasteiger partial charge in [0.05, 0.1) is 16.7 Å². The van der Waals surface area contributed by atoms with Gasteiger partial charge in [0.25, 0.3) is 0 Å². The molecule has 1 atom stereocenters. The van der Waals surface area contributed by atoms with Crippen molar-refractivity contribution in [3.05, 3.63) is 26.7 Å². The highest BCUT2D eigenvalue weighted by molar-refractivity contribution is 9.10. The van der Waals surface area contributed by atoms with E-state index >= 15 is 0 Å². The predicted octanol–water partition coefficient (Wildman–Crippen LogP) is 4.38. The first-order valence-corrected chi connectivity index (χ1v) is 7.07. The first kappa shape index (κ1) is 15.1. The van der Waals surface area contributed by atoms with E-state index in [1.54, 1.807) is 12.1 Å². The second-order valence-corrected chi connectivity index (χ2v) is 5.59. The lowest BCUT2D eigenvalue weighted by molar-refractivity contribution is 0.256. The van der Waals surface area contributed by atoms with Crippen LogP contribution >= 0.6 is 39.1 Å². The van der Waals surface area contributed by atoms with Crippen molar-refractivity contribution in [2.75, 3.05) is 19.7 Å². The average Bonchev–Trinajstić information content (AvgIpc) is 2.29. The van der Waals surface area contributed by atoms with Crippen molar-refractivity contribution in [3.63, 3.8) is 0 Å². The Bertz CT molecular complexity index is 374. The molecule has 96 valence electrons. The molecule has 0 bridgehead atoms. The normalized spacial score (nSPS) is 12.5. The summed E-state index contributed by atoms with van der Waals surface area (Å²) >= 11 is 15.4. The maximum absolute atomic E-state index is 6.06. The van der Waals surface area contributed by atoms with E-state index in [2.05, 4.69) is 35.1 Å². The van der Waals surface area contributed by atoms with Crippen molar-refractivity contribution in [1.29, 1.82) is 0 Å². The lowest BCUT2D eigenvalue weighted by atomic mass is 10.2. The van der Waals surface area contributed by atoms with E-state index in [1.165, 1.54) is 0 Å². The summed E-state index contributed by atoms with van der Waals surface area (Å²) in [5, 5.41) is 4.44. The molecule has 0 amide bonds. The molecule has 0 heterocycles. The molecule has 0 aliphatic carbocycles. The summed E-state index contributed by atoms with van der Waals surface area (Å²) < 4.78 is 6.43. The van der Waals surface area contributed by atoms with Gasteiger partial charge in [0.1, 0.15) is 5.75 Å². The van der Waals surface area contributed by atoms with E-state index < -0.39 is 0 Å². The molecule has 0 saturated carbocycles. The number of nitrogens with one attached hydrogen (secondary N) is 1. The molecular formula is C12H16BrCl2NO. The maximum Gasteiger partial charge on any atom is 0.139 e. The van der Waals surface area contributed by atoms with Crippen molar-refractivity contribution < 1.29 is 4.74 Å². The second kappa shape index (κ2) is 7.47. The standard InChI is InChI=1S/C12H16BrCl2NO/c1-3-16-6-8(2)7-17-12-5-10(14)9(13)4-11(12)15/h4-5,8,16H,3,6-7H2,1-2H3. The van der Waals surface area contributed by atoms with Crippen LogP contribution in [0.5, 0.6) is 5.75 Å². The Hall–Kier alpha value is 0.0400. The lowest BCUT2D eigenvalue weighted by Gasteiger charge is -2.14. The molecule has 1 unspecified atom stereocenters. The fraction of sp³-hybridized carbons (Fsp3) is 0.500. The summed E-state index contributed by atoms with van der Waals surface area (Å²) in [5.74, 6) is 1.05. The molecule has 0 spiro atoms. The molecule has 2 nitrogen and oxygen atoms in total. The fourth-order valence-corrected chi connectivity index (χ4v) is 2.14. The Morgan fingerprint density at radius 2 is 2.06 bits per heavy atom. The Balaban J connectivity index is 2.54. The molecule has 0 saturated heterocycles. The van der Waals surface area contributed by atoms with Gasteiger partial charge in [0.2, 0.25) is 0 Å². The first-order valence-electron chi connectivity index (χ1n) is 5.52. The molecular weight excluding hydrogens is 325 g/mol. The minimum atomic E-state index is 0.424. The third-order valence-corrected chi connectivity index (χ3v) is 3.73. The Labute approximate surface area is 121 Å². The summed E-state index contributed by atoms with van der Waals surface area (Å²) in [5.41, 5.74) is 0. The van der Waals surface area contributed by atoms with Crippen LogP contribution < -0.4 is 10.1 Å². The van der Waals surface area contributed by atoms with E-state index in [9.17, 15) is 0 Å². The molecule has 0 aromatic heterocycles. The third-order valence-electron chi connectivity index (χ3n) is 2.24. The van der Waals surface area contributed by atoms with E-state index in [-0.39, 0.29) is 0 Å². The maximum atomic E-state index is 6.06. The second-order valence-electron chi connectivity index (χ2n) is 3.92. The highest BCUT2D eigenvalue weighted by Crippen LogP contribution is 2.34. The van der Waals surface area contributed by atoms with Crippen LogP contribution in [0.2, 0.25) is 10.0 Å². The summed E-state index contributed by atoms with van der Waals surface area (Å²) in [4.78, 5) is 0. The SMILES string of the molecule is CCNCC(C)COc1cc(Cl)c(Br)cc1Cl. The van der Waals surface area contributed by atoms with Crippen LogP contribution in [-0.4, -0.2) is 19.7 Å². The van der Waals surface area contributed by atoms with E-state index in [1.807, 2.05) is 0 Å². The van der Waals surface area contributed by atoms with Crippen molar-refractivity contribution in [2.45, 2.75) is 13.8 Å². The van der Waals surface area contributed by atoms with E-state index in [0.29, 0.717) is 28.3 Å². The number of rotatable bonds is 6. The van der Waals surface area contributed by atoms with Crippen LogP contribution in [0.3, 0.4) is 0 Å². The highest BCUT2D eigenvalue weighted by atomic mass is 79.9. The summed E-state index contributed by atoms with van der Waals surface area (Å²) in [7, 11) is 0. The van der Waals surface area contributed by atoms with E-state index in [4.69, 9.17) is 27.9 Å². The van der Waals surface area contributed by atoms with E-state index in [0.717, 1.165) is 17.6 Å². The average molecular weight is 341 g/mol. The van der Waals surface area contributed by atoms with Crippen LogP contribution in [0.4, 0.5) is 0 Å². The summed E-state index contributed by atoms with van der Waals surface area (Å²) in [6, 6.07) is 3.47. The minimum Gasteiger partial charge on any atom is -0.492 e.